The van der Waals surface area contributed by atoms with Crippen LogP contribution in [0.5, 0.6) is 5.75 Å². The quantitative estimate of drug-likeness (QED) is 0.157. The first kappa shape index (κ1) is 35.3. The molecule has 0 radical (unpaired) electrons. The van der Waals surface area contributed by atoms with Crippen LogP contribution in [0, 0.1) is 12.8 Å². The first-order valence-electron chi connectivity index (χ1n) is 11.6. The molecule has 0 aliphatic rings. The number of Topliss-reactive ketones (excluding diaryl/α,β-unsaturated/α-hetero) is 4. The third-order valence-corrected chi connectivity index (χ3v) is 4.59. The van der Waals surface area contributed by atoms with Gasteiger partial charge < -0.3 is 16.8 Å². The van der Waals surface area contributed by atoms with Gasteiger partial charge in [-0.1, -0.05) is 32.9 Å². The Morgan fingerprint density at radius 2 is 1.53 bits per heavy atom. The van der Waals surface area contributed by atoms with Crippen LogP contribution in [0.15, 0.2) is 18.2 Å². The minimum atomic E-state index is -1.41. The van der Waals surface area contributed by atoms with Crippen LogP contribution in [-0.4, -0.2) is 34.0 Å². The zero-order valence-electron chi connectivity index (χ0n) is 22.0. The number of aliphatic hydroxyl groups is 1. The van der Waals surface area contributed by atoms with Crippen LogP contribution in [-0.2, 0) is 9.59 Å². The second kappa shape index (κ2) is 18.1. The molecule has 0 fully saturated rings. The van der Waals surface area contributed by atoms with E-state index >= 15 is 0 Å². The third kappa shape index (κ3) is 14.7. The molecule has 0 spiro atoms. The van der Waals surface area contributed by atoms with Gasteiger partial charge in [0.05, 0.1) is 5.56 Å². The van der Waals surface area contributed by atoms with Gasteiger partial charge in [0, 0.05) is 44.6 Å². The molecular formula is C27H43NoO6-. The van der Waals surface area contributed by atoms with Gasteiger partial charge >= 0.3 is 0 Å². The topological polar surface area (TPSA) is 97.7 Å². The fourth-order valence-electron chi connectivity index (χ4n) is 2.83. The average Bonchev–Trinajstić information content (AvgIpc) is 2.72. The summed E-state index contributed by atoms with van der Waals surface area (Å²) in [5.74, 6) is -0.998. The Balaban J connectivity index is -0.000000557. The van der Waals surface area contributed by atoms with Crippen LogP contribution < -0.4 is 4.74 Å². The normalized spacial score (nSPS) is 10.9. The molecular weight excluding hydrogens is 679 g/mol. The number of ketones is 4. The fourth-order valence-corrected chi connectivity index (χ4v) is 2.83. The molecule has 0 aliphatic heterocycles. The van der Waals surface area contributed by atoms with Crippen molar-refractivity contribution in [2.24, 2.45) is 5.92 Å². The van der Waals surface area contributed by atoms with Crippen LogP contribution in [0.4, 0.5) is 0 Å². The van der Waals surface area contributed by atoms with Crippen molar-refractivity contribution in [3.8, 4) is 5.75 Å². The van der Waals surface area contributed by atoms with Gasteiger partial charge in [0.15, 0.2) is 11.6 Å². The van der Waals surface area contributed by atoms with Crippen molar-refractivity contribution in [1.82, 2.24) is 0 Å². The van der Waals surface area contributed by atoms with E-state index in [1.54, 1.807) is 32.0 Å². The molecule has 202 valence electrons. The summed E-state index contributed by atoms with van der Waals surface area (Å²) in [5.41, 5.74) is 0.596. The number of ether oxygens (including phenoxy) is 1. The summed E-state index contributed by atoms with van der Waals surface area (Å²) in [4.78, 5) is 45.6. The average molecular weight is 723 g/mol. The summed E-state index contributed by atoms with van der Waals surface area (Å²) in [7, 11) is 0. The molecule has 0 heterocycles. The van der Waals surface area contributed by atoms with Crippen LogP contribution in [0.2, 0.25) is 0 Å². The molecule has 0 aromatic heterocycles. The van der Waals surface area contributed by atoms with Crippen molar-refractivity contribution < 1.29 is 29.0 Å². The summed E-state index contributed by atoms with van der Waals surface area (Å²) < 4.78 is 5.35. The molecule has 1 aromatic carbocycles. The second-order valence-corrected chi connectivity index (χ2v) is 8.30. The van der Waals surface area contributed by atoms with Gasteiger partial charge in [-0.15, -0.1) is 0 Å². The van der Waals surface area contributed by atoms with Crippen molar-refractivity contribution in [2.75, 3.05) is 0 Å². The summed E-state index contributed by atoms with van der Waals surface area (Å²) >= 11 is 0. The molecule has 7 heteroatoms. The number of hydrogen-bond donors (Lipinski definition) is 1. The molecule has 1 N–H and O–H groups in total. The predicted molar refractivity (Wildman–Crippen MR) is 133 cm³/mol. The van der Waals surface area contributed by atoms with E-state index in [0.29, 0.717) is 37.7 Å². The number of carbonyl (C=O) groups excluding carboxylic acids is 4. The molecule has 1 unspecified atom stereocenters. The molecule has 1 rings (SSSR count). The van der Waals surface area contributed by atoms with Gasteiger partial charge in [-0.05, 0) is 39.2 Å². The van der Waals surface area contributed by atoms with E-state index in [0.717, 1.165) is 6.42 Å². The van der Waals surface area contributed by atoms with Gasteiger partial charge in [0.25, 0.3) is 0 Å². The second-order valence-electron chi connectivity index (χ2n) is 8.30. The molecule has 0 amide bonds. The van der Waals surface area contributed by atoms with Gasteiger partial charge in [-0.3, -0.25) is 19.2 Å². The molecule has 0 saturated heterocycles. The van der Waals surface area contributed by atoms with Crippen molar-refractivity contribution in [2.45, 2.75) is 99.7 Å². The van der Waals surface area contributed by atoms with Crippen molar-refractivity contribution in [3.63, 3.8) is 0 Å². The van der Waals surface area contributed by atoms with Crippen LogP contribution in [0.1, 0.15) is 115 Å². The van der Waals surface area contributed by atoms with E-state index in [9.17, 15) is 24.3 Å². The van der Waals surface area contributed by atoms with Crippen molar-refractivity contribution in [1.29, 1.82) is 0 Å². The van der Waals surface area contributed by atoms with Gasteiger partial charge in [0.2, 0.25) is 5.79 Å². The Hall–Kier alpha value is -3.34. The largest absolute Gasteiger partial charge is 0.462 e. The Kier molecular flexibility index (Phi) is 18.8. The fraction of sp³-hybridized carbons (Fsp3) is 0.593. The number of rotatable bonds is 12. The summed E-state index contributed by atoms with van der Waals surface area (Å²) in [5, 5.41) is 9.69. The monoisotopic (exact) mass is 722 g/mol. The number of hydrogen-bond acceptors (Lipinski definition) is 6. The smallest absolute Gasteiger partial charge is 0.202 e. The maximum Gasteiger partial charge on any atom is 0.202 e. The van der Waals surface area contributed by atoms with Gasteiger partial charge in [0.1, 0.15) is 17.3 Å². The van der Waals surface area contributed by atoms with Crippen LogP contribution in [0.25, 0.3) is 0 Å². The summed E-state index contributed by atoms with van der Waals surface area (Å²) in [6.07, 6.45) is 3.94. The van der Waals surface area contributed by atoms with E-state index in [1.807, 2.05) is 20.8 Å². The van der Waals surface area contributed by atoms with E-state index in [4.69, 9.17) is 4.74 Å². The van der Waals surface area contributed by atoms with E-state index in [-0.39, 0.29) is 40.4 Å². The Labute approximate surface area is 200 Å². The minimum Gasteiger partial charge on any atom is -0.462 e. The molecule has 6 nitrogen and oxygen atoms in total. The first-order valence-corrected chi connectivity index (χ1v) is 11.6. The van der Waals surface area contributed by atoms with Crippen molar-refractivity contribution in [3.05, 3.63) is 36.2 Å². The van der Waals surface area contributed by atoms with Gasteiger partial charge in [-0.2, -0.15) is 6.92 Å². The van der Waals surface area contributed by atoms with Gasteiger partial charge in [-0.25, -0.2) is 0 Å². The van der Waals surface area contributed by atoms with Crippen molar-refractivity contribution >= 4 is 23.1 Å². The Morgan fingerprint density at radius 1 is 1.00 bits per heavy atom. The summed E-state index contributed by atoms with van der Waals surface area (Å²) in [6, 6.07) is 4.85. The molecule has 1 atom stereocenters. The predicted octanol–water partition coefficient (Wildman–Crippen LogP) is 6.18. The maximum absolute atomic E-state index is 12.0. The maximum atomic E-state index is 12.0. The zero-order valence-corrected chi connectivity index (χ0v) is 24.2. The SMILES string of the molecule is CCCC(=O)CCC(C)C(C)=O.CCCC(=O)c1cccc(OC(C)(C)O)c1C(C)=O.[CH2-]C.[No]. The minimum absolute atomic E-state index is 0. The zero-order chi connectivity index (χ0) is 26.2. The summed E-state index contributed by atoms with van der Waals surface area (Å²) in [6.45, 7) is 16.7. The first-order chi connectivity index (χ1) is 15.3. The number of benzene rings is 1. The van der Waals surface area contributed by atoms with E-state index in [1.165, 1.54) is 20.8 Å². The molecule has 1 aromatic rings. The van der Waals surface area contributed by atoms with E-state index in [2.05, 4.69) is 6.92 Å². The molecule has 0 saturated carbocycles. The number of carbonyl (C=O) groups is 4. The molecule has 0 aliphatic carbocycles. The molecule has 34 heavy (non-hydrogen) atoms. The van der Waals surface area contributed by atoms with Crippen LogP contribution in [0.3, 0.4) is 0 Å². The standard InChI is InChI=1S/C15H20O4.C10H18O2.C2H5.No/c1-5-7-12(17)11-8-6-9-13(14(11)10(2)16)19-15(3,4)18;1-4-5-10(12)7-6-8(2)9(3)11;1-2;/h6,8-9,18H,5,7H2,1-4H3;8H,4-7H2,1-3H3;1H2,2H3;/q;;-1;. The molecule has 0 bridgehead atoms. The van der Waals surface area contributed by atoms with E-state index < -0.39 is 5.79 Å². The third-order valence-electron chi connectivity index (χ3n) is 4.59. The van der Waals surface area contributed by atoms with Crippen LogP contribution >= 0.6 is 0 Å². The Morgan fingerprint density at radius 3 is 1.94 bits per heavy atom. The Bertz CT molecular complexity index is 765.